The van der Waals surface area contributed by atoms with E-state index in [0.29, 0.717) is 0 Å². The number of rotatable bonds is 2. The van der Waals surface area contributed by atoms with E-state index >= 15 is 0 Å². The highest BCUT2D eigenvalue weighted by Crippen LogP contribution is 2.39. The van der Waals surface area contributed by atoms with Crippen LogP contribution in [0.1, 0.15) is 21.4 Å². The molecule has 2 aromatic rings. The standard InChI is InChI=1S/C12H9BrCl2S/c1-7-3-2-4-8(11(7)14)12(15)9-5-6-10(13)16-9/h2-6,12H,1H3. The first kappa shape index (κ1) is 12.4. The van der Waals surface area contributed by atoms with E-state index in [1.54, 1.807) is 11.3 Å². The summed E-state index contributed by atoms with van der Waals surface area (Å²) in [5, 5.41) is 0.579. The van der Waals surface area contributed by atoms with Gasteiger partial charge in [0.1, 0.15) is 0 Å². The second-order valence-electron chi connectivity index (χ2n) is 3.48. The van der Waals surface area contributed by atoms with Crippen molar-refractivity contribution >= 4 is 50.5 Å². The molecule has 1 heterocycles. The maximum atomic E-state index is 6.43. The van der Waals surface area contributed by atoms with Crippen LogP contribution in [0.3, 0.4) is 0 Å². The van der Waals surface area contributed by atoms with Gasteiger partial charge >= 0.3 is 0 Å². The lowest BCUT2D eigenvalue weighted by Gasteiger charge is -2.11. The summed E-state index contributed by atoms with van der Waals surface area (Å²) in [6, 6.07) is 9.96. The maximum absolute atomic E-state index is 6.43. The van der Waals surface area contributed by atoms with Crippen molar-refractivity contribution in [2.45, 2.75) is 12.3 Å². The first-order valence-corrected chi connectivity index (χ1v) is 7.16. The Morgan fingerprint density at radius 1 is 1.25 bits per heavy atom. The highest BCUT2D eigenvalue weighted by atomic mass is 79.9. The number of aryl methyl sites for hydroxylation is 1. The lowest BCUT2D eigenvalue weighted by atomic mass is 10.1. The molecule has 0 bridgehead atoms. The second kappa shape index (κ2) is 5.09. The lowest BCUT2D eigenvalue weighted by molar-refractivity contribution is 1.17. The lowest BCUT2D eigenvalue weighted by Crippen LogP contribution is -1.92. The van der Waals surface area contributed by atoms with Crippen LogP contribution in [0.15, 0.2) is 34.1 Å². The Morgan fingerprint density at radius 3 is 2.62 bits per heavy atom. The largest absolute Gasteiger partial charge is 0.131 e. The predicted molar refractivity (Wildman–Crippen MR) is 75.9 cm³/mol. The predicted octanol–water partition coefficient (Wildman–Crippen LogP) is 5.80. The van der Waals surface area contributed by atoms with E-state index in [2.05, 4.69) is 15.9 Å². The summed E-state index contributed by atoms with van der Waals surface area (Å²) in [5.41, 5.74) is 2.03. The first-order chi connectivity index (χ1) is 7.59. The van der Waals surface area contributed by atoms with Crippen molar-refractivity contribution in [1.82, 2.24) is 0 Å². The summed E-state index contributed by atoms with van der Waals surface area (Å²) < 4.78 is 1.08. The number of hydrogen-bond acceptors (Lipinski definition) is 1. The SMILES string of the molecule is Cc1cccc(C(Cl)c2ccc(Br)s2)c1Cl. The number of halogens is 3. The van der Waals surface area contributed by atoms with Crippen LogP contribution in [0.5, 0.6) is 0 Å². The Morgan fingerprint density at radius 2 is 2.00 bits per heavy atom. The number of hydrogen-bond donors (Lipinski definition) is 0. The van der Waals surface area contributed by atoms with Crippen LogP contribution in [0.2, 0.25) is 5.02 Å². The fraction of sp³-hybridized carbons (Fsp3) is 0.167. The molecule has 0 spiro atoms. The van der Waals surface area contributed by atoms with Crippen LogP contribution in [0, 0.1) is 6.92 Å². The van der Waals surface area contributed by atoms with Crippen molar-refractivity contribution in [2.75, 3.05) is 0 Å². The number of alkyl halides is 1. The minimum absolute atomic E-state index is 0.177. The highest BCUT2D eigenvalue weighted by molar-refractivity contribution is 9.11. The Labute approximate surface area is 117 Å². The highest BCUT2D eigenvalue weighted by Gasteiger charge is 2.16. The van der Waals surface area contributed by atoms with Gasteiger partial charge in [-0.15, -0.1) is 22.9 Å². The van der Waals surface area contributed by atoms with Gasteiger partial charge < -0.3 is 0 Å². The van der Waals surface area contributed by atoms with E-state index in [0.717, 1.165) is 24.8 Å². The van der Waals surface area contributed by atoms with Gasteiger partial charge in [-0.1, -0.05) is 29.8 Å². The smallest absolute Gasteiger partial charge is 0.0942 e. The van der Waals surface area contributed by atoms with Crippen molar-refractivity contribution < 1.29 is 0 Å². The molecule has 1 aromatic heterocycles. The molecule has 0 radical (unpaired) electrons. The molecule has 84 valence electrons. The van der Waals surface area contributed by atoms with Crippen LogP contribution in [0.25, 0.3) is 0 Å². The summed E-state index contributed by atoms with van der Waals surface area (Å²) in [7, 11) is 0. The maximum Gasteiger partial charge on any atom is 0.0942 e. The summed E-state index contributed by atoms with van der Waals surface area (Å²) >= 11 is 17.7. The van der Waals surface area contributed by atoms with E-state index in [-0.39, 0.29) is 5.38 Å². The quantitative estimate of drug-likeness (QED) is 0.608. The van der Waals surface area contributed by atoms with E-state index in [1.807, 2.05) is 37.3 Å². The average molecular weight is 336 g/mol. The molecular weight excluding hydrogens is 327 g/mol. The third kappa shape index (κ3) is 2.45. The van der Waals surface area contributed by atoms with Crippen molar-refractivity contribution in [1.29, 1.82) is 0 Å². The van der Waals surface area contributed by atoms with Crippen LogP contribution >= 0.6 is 50.5 Å². The zero-order valence-corrected chi connectivity index (χ0v) is 12.4. The van der Waals surface area contributed by atoms with Gasteiger partial charge in [0.05, 0.1) is 9.16 Å². The third-order valence-corrected chi connectivity index (χ3v) is 5.14. The minimum Gasteiger partial charge on any atom is -0.131 e. The molecule has 1 aromatic carbocycles. The average Bonchev–Trinajstić information content (AvgIpc) is 2.68. The van der Waals surface area contributed by atoms with Gasteiger partial charge in [0.25, 0.3) is 0 Å². The number of thiophene rings is 1. The summed E-state index contributed by atoms with van der Waals surface area (Å²) in [5.74, 6) is 0. The third-order valence-electron chi connectivity index (χ3n) is 2.34. The Bertz CT molecular complexity index is 507. The Kier molecular flexibility index (Phi) is 3.96. The molecular formula is C12H9BrCl2S. The monoisotopic (exact) mass is 334 g/mol. The molecule has 0 aliphatic rings. The fourth-order valence-corrected chi connectivity index (χ4v) is 3.58. The van der Waals surface area contributed by atoms with Gasteiger partial charge in [0.2, 0.25) is 0 Å². The normalized spacial score (nSPS) is 12.8. The first-order valence-electron chi connectivity index (χ1n) is 4.74. The van der Waals surface area contributed by atoms with Crippen LogP contribution in [-0.4, -0.2) is 0 Å². The van der Waals surface area contributed by atoms with E-state index < -0.39 is 0 Å². The summed E-state index contributed by atoms with van der Waals surface area (Å²) in [6.45, 7) is 1.99. The van der Waals surface area contributed by atoms with Gasteiger partial charge in [-0.25, -0.2) is 0 Å². The number of benzene rings is 1. The summed E-state index contributed by atoms with van der Waals surface area (Å²) in [4.78, 5) is 1.10. The van der Waals surface area contributed by atoms with Gasteiger partial charge in [-0.3, -0.25) is 0 Å². The Balaban J connectivity index is 2.41. The minimum atomic E-state index is -0.177. The van der Waals surface area contributed by atoms with Gasteiger partial charge in [-0.05, 0) is 46.1 Å². The molecule has 1 unspecified atom stereocenters. The van der Waals surface area contributed by atoms with Crippen LogP contribution in [-0.2, 0) is 0 Å². The molecule has 0 fully saturated rings. The molecule has 0 aliphatic heterocycles. The van der Waals surface area contributed by atoms with Crippen LogP contribution in [0.4, 0.5) is 0 Å². The van der Waals surface area contributed by atoms with Gasteiger partial charge in [0, 0.05) is 9.90 Å². The van der Waals surface area contributed by atoms with E-state index in [1.165, 1.54) is 0 Å². The zero-order valence-electron chi connectivity index (χ0n) is 8.51. The zero-order chi connectivity index (χ0) is 11.7. The molecule has 16 heavy (non-hydrogen) atoms. The molecule has 0 N–H and O–H groups in total. The van der Waals surface area contributed by atoms with Crippen molar-refractivity contribution in [3.05, 3.63) is 55.1 Å². The molecule has 0 amide bonds. The molecule has 0 nitrogen and oxygen atoms in total. The molecule has 1 atom stereocenters. The van der Waals surface area contributed by atoms with Crippen molar-refractivity contribution in [3.8, 4) is 0 Å². The topological polar surface area (TPSA) is 0 Å². The van der Waals surface area contributed by atoms with Gasteiger partial charge in [-0.2, -0.15) is 0 Å². The molecule has 0 saturated heterocycles. The van der Waals surface area contributed by atoms with Crippen molar-refractivity contribution in [2.24, 2.45) is 0 Å². The Hall–Kier alpha value is -0.0200. The molecule has 0 saturated carbocycles. The van der Waals surface area contributed by atoms with Crippen LogP contribution < -0.4 is 0 Å². The van der Waals surface area contributed by atoms with Crippen molar-refractivity contribution in [3.63, 3.8) is 0 Å². The van der Waals surface area contributed by atoms with E-state index in [4.69, 9.17) is 23.2 Å². The van der Waals surface area contributed by atoms with Gasteiger partial charge in [0.15, 0.2) is 0 Å². The van der Waals surface area contributed by atoms with E-state index in [9.17, 15) is 0 Å². The second-order valence-corrected chi connectivity index (χ2v) is 6.79. The molecule has 0 aliphatic carbocycles. The molecule has 2 rings (SSSR count). The summed E-state index contributed by atoms with van der Waals surface area (Å²) in [6.07, 6.45) is 0. The fourth-order valence-electron chi connectivity index (χ4n) is 1.48. The molecule has 4 heteroatoms.